The van der Waals surface area contributed by atoms with E-state index >= 15 is 0 Å². The number of rotatable bonds is 8. The van der Waals surface area contributed by atoms with Crippen molar-refractivity contribution < 1.29 is 14.3 Å². The molecular formula is C23H31N3O3. The third-order valence-corrected chi connectivity index (χ3v) is 5.42. The lowest BCUT2D eigenvalue weighted by atomic mass is 10.1. The normalized spacial score (nSPS) is 14.5. The van der Waals surface area contributed by atoms with Crippen molar-refractivity contribution in [3.8, 4) is 11.5 Å². The zero-order valence-corrected chi connectivity index (χ0v) is 17.6. The highest BCUT2D eigenvalue weighted by Crippen LogP contribution is 2.28. The van der Waals surface area contributed by atoms with Crippen LogP contribution < -0.4 is 19.7 Å². The fourth-order valence-electron chi connectivity index (χ4n) is 3.60. The number of nitrogens with one attached hydrogen (secondary N) is 1. The predicted octanol–water partition coefficient (Wildman–Crippen LogP) is 3.42. The van der Waals surface area contributed by atoms with Crippen molar-refractivity contribution in [1.29, 1.82) is 0 Å². The van der Waals surface area contributed by atoms with Crippen LogP contribution in [0.2, 0.25) is 0 Å². The standard InChI is InChI=1S/C23H31N3O3/c1-4-25-13-15-26(16-14-25)20-9-7-19(8-10-20)24-23(27)12-6-18-5-11-21(28-2)22(17-18)29-3/h5,7-11,17H,4,6,12-16H2,1-3H3,(H,24,27). The van der Waals surface area contributed by atoms with Gasteiger partial charge in [0.2, 0.25) is 5.91 Å². The molecule has 2 aromatic rings. The monoisotopic (exact) mass is 397 g/mol. The van der Waals surface area contributed by atoms with Crippen molar-refractivity contribution in [2.24, 2.45) is 0 Å². The smallest absolute Gasteiger partial charge is 0.224 e. The van der Waals surface area contributed by atoms with Gasteiger partial charge in [0, 0.05) is 44.0 Å². The van der Waals surface area contributed by atoms with Crippen LogP contribution >= 0.6 is 0 Å². The fraction of sp³-hybridized carbons (Fsp3) is 0.435. The molecule has 1 aliphatic heterocycles. The van der Waals surface area contributed by atoms with E-state index in [1.54, 1.807) is 14.2 Å². The van der Waals surface area contributed by atoms with Crippen molar-refractivity contribution in [2.45, 2.75) is 19.8 Å². The molecule has 0 saturated carbocycles. The highest BCUT2D eigenvalue weighted by atomic mass is 16.5. The van der Waals surface area contributed by atoms with Gasteiger partial charge < -0.3 is 24.6 Å². The number of piperazine rings is 1. The van der Waals surface area contributed by atoms with E-state index in [2.05, 4.69) is 34.2 Å². The number of aryl methyl sites for hydroxylation is 1. The number of benzene rings is 2. The molecule has 0 unspecified atom stereocenters. The minimum absolute atomic E-state index is 0.00379. The summed E-state index contributed by atoms with van der Waals surface area (Å²) in [5.74, 6) is 1.38. The predicted molar refractivity (Wildman–Crippen MR) is 117 cm³/mol. The molecule has 2 aromatic carbocycles. The van der Waals surface area contributed by atoms with Crippen LogP contribution in [0.3, 0.4) is 0 Å². The van der Waals surface area contributed by atoms with Crippen molar-refractivity contribution in [1.82, 2.24) is 4.90 Å². The van der Waals surface area contributed by atoms with Crippen LogP contribution in [0.15, 0.2) is 42.5 Å². The molecule has 1 amide bonds. The molecule has 0 spiro atoms. The summed E-state index contributed by atoms with van der Waals surface area (Å²) >= 11 is 0. The molecule has 6 nitrogen and oxygen atoms in total. The molecule has 0 bridgehead atoms. The lowest BCUT2D eigenvalue weighted by Gasteiger charge is -2.35. The highest BCUT2D eigenvalue weighted by Gasteiger charge is 2.15. The van der Waals surface area contributed by atoms with Gasteiger partial charge in [-0.25, -0.2) is 0 Å². The second kappa shape index (κ2) is 10.2. The number of nitrogens with zero attached hydrogens (tertiary/aromatic N) is 2. The lowest BCUT2D eigenvalue weighted by Crippen LogP contribution is -2.46. The van der Waals surface area contributed by atoms with Gasteiger partial charge in [-0.2, -0.15) is 0 Å². The van der Waals surface area contributed by atoms with E-state index in [0.29, 0.717) is 24.3 Å². The molecule has 29 heavy (non-hydrogen) atoms. The highest BCUT2D eigenvalue weighted by molar-refractivity contribution is 5.91. The third kappa shape index (κ3) is 5.64. The number of likely N-dealkylation sites (N-methyl/N-ethyl adjacent to an activating group) is 1. The molecule has 0 radical (unpaired) electrons. The van der Waals surface area contributed by atoms with E-state index in [-0.39, 0.29) is 5.91 Å². The van der Waals surface area contributed by atoms with Gasteiger partial charge in [-0.15, -0.1) is 0 Å². The molecule has 1 fully saturated rings. The molecule has 1 N–H and O–H groups in total. The summed E-state index contributed by atoms with van der Waals surface area (Å²) in [6.45, 7) is 7.62. The van der Waals surface area contributed by atoms with E-state index in [9.17, 15) is 4.79 Å². The van der Waals surface area contributed by atoms with Gasteiger partial charge in [-0.1, -0.05) is 13.0 Å². The van der Waals surface area contributed by atoms with Gasteiger partial charge in [0.05, 0.1) is 14.2 Å². The largest absolute Gasteiger partial charge is 0.493 e. The first kappa shape index (κ1) is 21.0. The Hall–Kier alpha value is -2.73. The second-order valence-corrected chi connectivity index (χ2v) is 7.21. The number of amides is 1. The van der Waals surface area contributed by atoms with Crippen molar-refractivity contribution >= 4 is 17.3 Å². The first-order chi connectivity index (χ1) is 14.1. The van der Waals surface area contributed by atoms with Gasteiger partial charge in [-0.05, 0) is 54.9 Å². The average molecular weight is 398 g/mol. The Morgan fingerprint density at radius 2 is 1.66 bits per heavy atom. The molecular weight excluding hydrogens is 366 g/mol. The molecule has 6 heteroatoms. The van der Waals surface area contributed by atoms with Crippen molar-refractivity contribution in [2.75, 3.05) is 57.2 Å². The Bertz CT molecular complexity index is 800. The number of hydrogen-bond donors (Lipinski definition) is 1. The molecule has 1 saturated heterocycles. The zero-order valence-electron chi connectivity index (χ0n) is 17.6. The van der Waals surface area contributed by atoms with Crippen LogP contribution in [-0.2, 0) is 11.2 Å². The maximum atomic E-state index is 12.3. The fourth-order valence-corrected chi connectivity index (χ4v) is 3.60. The SMILES string of the molecule is CCN1CCN(c2ccc(NC(=O)CCc3ccc(OC)c(OC)c3)cc2)CC1. The third-order valence-electron chi connectivity index (χ3n) is 5.42. The van der Waals surface area contributed by atoms with Gasteiger partial charge in [0.1, 0.15) is 0 Å². The summed E-state index contributed by atoms with van der Waals surface area (Å²) in [7, 11) is 3.23. The Morgan fingerprint density at radius 3 is 2.28 bits per heavy atom. The number of carbonyl (C=O) groups excluding carboxylic acids is 1. The van der Waals surface area contributed by atoms with E-state index in [1.165, 1.54) is 5.69 Å². The Morgan fingerprint density at radius 1 is 0.966 bits per heavy atom. The first-order valence-corrected chi connectivity index (χ1v) is 10.2. The van der Waals surface area contributed by atoms with E-state index in [4.69, 9.17) is 9.47 Å². The molecule has 0 atom stereocenters. The van der Waals surface area contributed by atoms with Crippen LogP contribution in [0.5, 0.6) is 11.5 Å². The van der Waals surface area contributed by atoms with Crippen molar-refractivity contribution in [3.63, 3.8) is 0 Å². The average Bonchev–Trinajstić information content (AvgIpc) is 2.78. The van der Waals surface area contributed by atoms with E-state index in [0.717, 1.165) is 44.0 Å². The number of carbonyl (C=O) groups is 1. The van der Waals surface area contributed by atoms with Gasteiger partial charge in [-0.3, -0.25) is 4.79 Å². The molecule has 0 aliphatic carbocycles. The minimum atomic E-state index is 0.00379. The number of hydrogen-bond acceptors (Lipinski definition) is 5. The molecule has 1 heterocycles. The summed E-state index contributed by atoms with van der Waals surface area (Å²) in [4.78, 5) is 17.2. The van der Waals surface area contributed by atoms with Gasteiger partial charge in [0.15, 0.2) is 11.5 Å². The van der Waals surface area contributed by atoms with Crippen LogP contribution in [0.25, 0.3) is 0 Å². The number of ether oxygens (including phenoxy) is 2. The summed E-state index contributed by atoms with van der Waals surface area (Å²) in [6, 6.07) is 13.9. The van der Waals surface area contributed by atoms with Gasteiger partial charge >= 0.3 is 0 Å². The summed E-state index contributed by atoms with van der Waals surface area (Å²) in [5.41, 5.74) is 3.08. The topological polar surface area (TPSA) is 54.0 Å². The van der Waals surface area contributed by atoms with Crippen LogP contribution in [0.1, 0.15) is 18.9 Å². The molecule has 3 rings (SSSR count). The molecule has 0 aromatic heterocycles. The maximum absolute atomic E-state index is 12.3. The van der Waals surface area contributed by atoms with E-state index in [1.807, 2.05) is 30.3 Å². The molecule has 1 aliphatic rings. The number of anilines is 2. The van der Waals surface area contributed by atoms with Crippen LogP contribution in [0.4, 0.5) is 11.4 Å². The summed E-state index contributed by atoms with van der Waals surface area (Å²) in [6.07, 6.45) is 1.06. The quantitative estimate of drug-likeness (QED) is 0.740. The van der Waals surface area contributed by atoms with Crippen LogP contribution in [-0.4, -0.2) is 57.8 Å². The van der Waals surface area contributed by atoms with Gasteiger partial charge in [0.25, 0.3) is 0 Å². The second-order valence-electron chi connectivity index (χ2n) is 7.21. The van der Waals surface area contributed by atoms with Crippen molar-refractivity contribution in [3.05, 3.63) is 48.0 Å². The number of methoxy groups -OCH3 is 2. The zero-order chi connectivity index (χ0) is 20.6. The lowest BCUT2D eigenvalue weighted by molar-refractivity contribution is -0.116. The summed E-state index contributed by atoms with van der Waals surface area (Å²) in [5, 5.41) is 2.99. The minimum Gasteiger partial charge on any atom is -0.493 e. The maximum Gasteiger partial charge on any atom is 0.224 e. The molecule has 156 valence electrons. The van der Waals surface area contributed by atoms with E-state index < -0.39 is 0 Å². The summed E-state index contributed by atoms with van der Waals surface area (Å²) < 4.78 is 10.6. The first-order valence-electron chi connectivity index (χ1n) is 10.2. The Kier molecular flexibility index (Phi) is 7.36. The Balaban J connectivity index is 1.49. The Labute approximate surface area is 173 Å². The van der Waals surface area contributed by atoms with Crippen LogP contribution in [0, 0.1) is 0 Å².